The van der Waals surface area contributed by atoms with Gasteiger partial charge < -0.3 is 25.6 Å². The second-order valence-electron chi connectivity index (χ2n) is 10.8. The molecule has 0 bridgehead atoms. The van der Waals surface area contributed by atoms with E-state index < -0.39 is 48.0 Å². The van der Waals surface area contributed by atoms with Crippen molar-refractivity contribution in [3.63, 3.8) is 0 Å². The van der Waals surface area contributed by atoms with E-state index in [0.717, 1.165) is 22.3 Å². The third-order valence-corrected chi connectivity index (χ3v) is 6.93. The smallest absolute Gasteiger partial charge is 0.331 e. The van der Waals surface area contributed by atoms with Crippen LogP contribution in [-0.2, 0) is 14.3 Å². The molecule has 0 unspecified atom stereocenters. The van der Waals surface area contributed by atoms with E-state index in [2.05, 4.69) is 39.1 Å². The number of hydrogen-bond acceptors (Lipinski definition) is 8. The maximum atomic E-state index is 12.2. The van der Waals surface area contributed by atoms with E-state index in [1.807, 2.05) is 60.7 Å². The van der Waals surface area contributed by atoms with Gasteiger partial charge in [0.15, 0.2) is 6.04 Å². The van der Waals surface area contributed by atoms with Crippen LogP contribution in [0.1, 0.15) is 56.8 Å². The van der Waals surface area contributed by atoms with Gasteiger partial charge >= 0.3 is 5.97 Å². The number of benzene rings is 4. The van der Waals surface area contributed by atoms with Gasteiger partial charge in [-0.05, 0) is 86.6 Å². The molecule has 256 valence electrons. The van der Waals surface area contributed by atoms with E-state index >= 15 is 0 Å². The molecular weight excluding hydrogens is 638 g/mol. The van der Waals surface area contributed by atoms with Crippen molar-refractivity contribution in [2.45, 2.75) is 38.1 Å². The van der Waals surface area contributed by atoms with Crippen molar-refractivity contribution >= 4 is 23.7 Å². The van der Waals surface area contributed by atoms with E-state index in [4.69, 9.17) is 5.21 Å². The van der Waals surface area contributed by atoms with Crippen molar-refractivity contribution in [1.29, 1.82) is 0 Å². The molecule has 11 nitrogen and oxygen atoms in total. The summed E-state index contributed by atoms with van der Waals surface area (Å²) >= 11 is 0. The maximum absolute atomic E-state index is 12.2. The average molecular weight is 676 g/mol. The summed E-state index contributed by atoms with van der Waals surface area (Å²) < 4.78 is 4.57. The molecular formula is C39H37N3O8. The minimum Gasteiger partial charge on any atom is -0.467 e. The number of esters is 1. The van der Waals surface area contributed by atoms with E-state index in [-0.39, 0.29) is 0 Å². The fraction of sp³-hybridized carbons (Fsp3) is 0.179. The summed E-state index contributed by atoms with van der Waals surface area (Å²) in [7, 11) is 1.20. The molecule has 3 amide bonds. The Morgan fingerprint density at radius 3 is 1.22 bits per heavy atom. The molecule has 0 spiro atoms. The van der Waals surface area contributed by atoms with Crippen LogP contribution >= 0.6 is 0 Å². The maximum Gasteiger partial charge on any atom is 0.331 e. The predicted octanol–water partition coefficient (Wildman–Crippen LogP) is 2.81. The lowest BCUT2D eigenvalue weighted by atomic mass is 10.1. The van der Waals surface area contributed by atoms with Gasteiger partial charge in [-0.25, -0.2) is 10.3 Å². The lowest BCUT2D eigenvalue weighted by molar-refractivity contribution is -0.145. The lowest BCUT2D eigenvalue weighted by Gasteiger charge is -2.19. The van der Waals surface area contributed by atoms with Gasteiger partial charge in [-0.3, -0.25) is 19.6 Å². The van der Waals surface area contributed by atoms with Gasteiger partial charge in [0.2, 0.25) is 0 Å². The first-order valence-electron chi connectivity index (χ1n) is 15.4. The number of nitrogens with one attached hydrogen (secondary N) is 3. The minimum atomic E-state index is -1.25. The second kappa shape index (κ2) is 19.5. The third-order valence-electron chi connectivity index (χ3n) is 6.93. The van der Waals surface area contributed by atoms with Crippen LogP contribution in [-0.4, -0.2) is 70.5 Å². The van der Waals surface area contributed by atoms with Crippen LogP contribution in [0.2, 0.25) is 0 Å². The van der Waals surface area contributed by atoms with Crippen molar-refractivity contribution in [2.75, 3.05) is 7.11 Å². The first-order valence-corrected chi connectivity index (χ1v) is 15.4. The lowest BCUT2D eigenvalue weighted by Crippen LogP contribution is -2.51. The largest absolute Gasteiger partial charge is 0.467 e. The Hall–Kier alpha value is -6.24. The number of carbonyl (C=O) groups is 4. The topological polar surface area (TPSA) is 174 Å². The molecule has 4 atom stereocenters. The molecule has 4 aromatic carbocycles. The Labute approximate surface area is 290 Å². The van der Waals surface area contributed by atoms with Crippen LogP contribution in [0.15, 0.2) is 109 Å². The fourth-order valence-electron chi connectivity index (χ4n) is 4.17. The van der Waals surface area contributed by atoms with Gasteiger partial charge in [0, 0.05) is 33.4 Å². The quantitative estimate of drug-likeness (QED) is 0.0716. The Kier molecular flexibility index (Phi) is 14.9. The fourth-order valence-corrected chi connectivity index (χ4v) is 4.17. The number of amides is 3. The summed E-state index contributed by atoms with van der Waals surface area (Å²) in [5.41, 5.74) is 5.37. The summed E-state index contributed by atoms with van der Waals surface area (Å²) in [5, 5.41) is 32.6. The molecule has 6 N–H and O–H groups in total. The van der Waals surface area contributed by atoms with Crippen LogP contribution in [0.5, 0.6) is 0 Å². The molecule has 0 aromatic heterocycles. The monoisotopic (exact) mass is 675 g/mol. The molecule has 0 saturated heterocycles. The number of rotatable bonds is 8. The highest BCUT2D eigenvalue weighted by Crippen LogP contribution is 2.08. The molecule has 50 heavy (non-hydrogen) atoms. The highest BCUT2D eigenvalue weighted by atomic mass is 16.5. The molecule has 0 radical (unpaired) electrons. The van der Waals surface area contributed by atoms with Crippen molar-refractivity contribution in [3.05, 3.63) is 143 Å². The van der Waals surface area contributed by atoms with Crippen LogP contribution in [0, 0.1) is 23.7 Å². The Bertz CT molecular complexity index is 1710. The third kappa shape index (κ3) is 12.1. The highest BCUT2D eigenvalue weighted by molar-refractivity contribution is 5.98. The molecule has 11 heteroatoms. The van der Waals surface area contributed by atoms with Crippen molar-refractivity contribution < 1.29 is 39.3 Å². The Morgan fingerprint density at radius 2 is 0.900 bits per heavy atom. The molecule has 0 heterocycles. The number of aliphatic hydroxyl groups excluding tert-OH is 2. The van der Waals surface area contributed by atoms with Gasteiger partial charge in [0.1, 0.15) is 6.04 Å². The van der Waals surface area contributed by atoms with E-state index in [9.17, 15) is 29.4 Å². The van der Waals surface area contributed by atoms with Crippen molar-refractivity contribution in [2.24, 2.45) is 0 Å². The van der Waals surface area contributed by atoms with E-state index in [1.54, 1.807) is 48.5 Å². The van der Waals surface area contributed by atoms with Gasteiger partial charge in [0.25, 0.3) is 17.7 Å². The number of hydrogen-bond donors (Lipinski definition) is 6. The SMILES string of the molecule is COC(=O)[C@@H](NC(=O)c1ccc(C#Cc2ccccc2)cc1)[C@@H](C)O.C[C@@H](O)[C@H](NC(=O)c1ccc(C#Cc2ccccc2)cc1)C(=O)NO. The van der Waals surface area contributed by atoms with Crippen LogP contribution in [0.3, 0.4) is 0 Å². The predicted molar refractivity (Wildman–Crippen MR) is 186 cm³/mol. The van der Waals surface area contributed by atoms with Crippen molar-refractivity contribution in [1.82, 2.24) is 16.1 Å². The normalized spacial score (nSPS) is 12.3. The number of ether oxygens (including phenoxy) is 1. The molecule has 4 aromatic rings. The summed E-state index contributed by atoms with van der Waals surface area (Å²) in [5.74, 6) is 9.45. The van der Waals surface area contributed by atoms with Crippen LogP contribution < -0.4 is 16.1 Å². The molecule has 0 fully saturated rings. The molecule has 0 aliphatic rings. The second-order valence-corrected chi connectivity index (χ2v) is 10.8. The van der Waals surface area contributed by atoms with Gasteiger partial charge in [0.05, 0.1) is 19.3 Å². The number of hydroxylamine groups is 1. The summed E-state index contributed by atoms with van der Waals surface area (Å²) in [6, 6.07) is 29.9. The Morgan fingerprint density at radius 1 is 0.560 bits per heavy atom. The van der Waals surface area contributed by atoms with Gasteiger partial charge in [-0.2, -0.15) is 0 Å². The first kappa shape index (κ1) is 38.2. The number of carbonyl (C=O) groups excluding carboxylic acids is 4. The minimum absolute atomic E-state index is 0.307. The van der Waals surface area contributed by atoms with Gasteiger partial charge in [-0.15, -0.1) is 0 Å². The summed E-state index contributed by atoms with van der Waals surface area (Å²) in [6.45, 7) is 2.74. The van der Waals surface area contributed by atoms with Gasteiger partial charge in [-0.1, -0.05) is 60.1 Å². The Balaban J connectivity index is 0.000000270. The zero-order chi connectivity index (χ0) is 36.5. The van der Waals surface area contributed by atoms with Crippen LogP contribution in [0.25, 0.3) is 0 Å². The van der Waals surface area contributed by atoms with E-state index in [1.165, 1.54) is 26.4 Å². The highest BCUT2D eigenvalue weighted by Gasteiger charge is 2.27. The zero-order valence-corrected chi connectivity index (χ0v) is 27.6. The first-order chi connectivity index (χ1) is 24.0. The summed E-state index contributed by atoms with van der Waals surface area (Å²) in [4.78, 5) is 47.4. The number of methoxy groups -OCH3 is 1. The molecule has 0 aliphatic heterocycles. The average Bonchev–Trinajstić information content (AvgIpc) is 3.14. The molecule has 4 rings (SSSR count). The van der Waals surface area contributed by atoms with Crippen molar-refractivity contribution in [3.8, 4) is 23.7 Å². The van der Waals surface area contributed by atoms with E-state index in [0.29, 0.717) is 11.1 Å². The standard InChI is InChI=1S/C20H19NO4.C19H18N2O4/c1-14(22)18(20(24)25-2)21-19(23)17-12-10-16(11-13-17)9-8-15-6-4-3-5-7-15;1-13(22)17(19(24)21-25)20-18(23)16-11-9-15(10-12-16)8-7-14-5-3-2-4-6-14/h3-7,10-14,18,22H,1-2H3,(H,21,23);2-6,9-13,17,22,25H,1H3,(H,20,23)(H,21,24)/t14-,18+;13-,17+/m11/s1. The van der Waals surface area contributed by atoms with Crippen LogP contribution in [0.4, 0.5) is 0 Å². The zero-order valence-electron chi connectivity index (χ0n) is 27.6. The molecule has 0 saturated carbocycles. The number of aliphatic hydroxyl groups is 2. The summed E-state index contributed by atoms with van der Waals surface area (Å²) in [6.07, 6.45) is -2.22. The molecule has 0 aliphatic carbocycles.